The minimum Gasteiger partial charge on any atom is -0.396 e. The second-order valence-electron chi connectivity index (χ2n) is 7.74. The van der Waals surface area contributed by atoms with Gasteiger partial charge in [0, 0.05) is 12.5 Å². The van der Waals surface area contributed by atoms with Crippen LogP contribution in [-0.4, -0.2) is 34.1 Å². The summed E-state index contributed by atoms with van der Waals surface area (Å²) in [5, 5.41) is 29.3. The quantitative estimate of drug-likeness (QED) is 0.418. The van der Waals surface area contributed by atoms with E-state index in [1.807, 2.05) is 6.08 Å². The maximum absolute atomic E-state index is 10.4. The zero-order chi connectivity index (χ0) is 17.4. The van der Waals surface area contributed by atoms with E-state index in [9.17, 15) is 10.2 Å². The predicted molar refractivity (Wildman–Crippen MR) is 98.6 cm³/mol. The van der Waals surface area contributed by atoms with Gasteiger partial charge in [0.15, 0.2) is 0 Å². The van der Waals surface area contributed by atoms with Crippen molar-refractivity contribution in [3.8, 4) is 0 Å². The first kappa shape index (κ1) is 19.7. The second kappa shape index (κ2) is 10.4. The molecule has 2 aliphatic carbocycles. The van der Waals surface area contributed by atoms with Gasteiger partial charge in [-0.1, -0.05) is 50.0 Å². The molecule has 2 saturated carbocycles. The summed E-state index contributed by atoms with van der Waals surface area (Å²) in [4.78, 5) is 0. The van der Waals surface area contributed by atoms with E-state index in [0.717, 1.165) is 51.4 Å². The number of unbranched alkanes of at least 4 members (excludes halogenated alkanes) is 4. The molecule has 0 aromatic heterocycles. The SMILES string of the molecule is CCCCC[C@H](O)/C=C/[C@@H]1[C@H]2C/C(=C/CCCCO)C[C@H]2C[C@H]1O. The number of hydrogen-bond donors (Lipinski definition) is 3. The van der Waals surface area contributed by atoms with E-state index in [4.69, 9.17) is 5.11 Å². The molecule has 3 heteroatoms. The molecule has 2 fully saturated rings. The summed E-state index contributed by atoms with van der Waals surface area (Å²) in [5.74, 6) is 1.36. The lowest BCUT2D eigenvalue weighted by atomic mass is 9.90. The highest BCUT2D eigenvalue weighted by molar-refractivity contribution is 5.17. The van der Waals surface area contributed by atoms with Crippen LogP contribution >= 0.6 is 0 Å². The molecule has 0 aromatic carbocycles. The standard InChI is InChI=1S/C21H36O3/c1-2-3-5-9-18(23)10-11-19-20-14-16(8-6-4-7-12-22)13-17(20)15-21(19)24/h8,10-11,17-24H,2-7,9,12-15H2,1H3/b11-10+,16-8+/t17-,18-,19+,20-,21+/m0/s1. The number of allylic oxidation sites excluding steroid dienone is 2. The molecule has 0 heterocycles. The summed E-state index contributed by atoms with van der Waals surface area (Å²) in [6, 6.07) is 0. The Morgan fingerprint density at radius 2 is 2.00 bits per heavy atom. The number of aliphatic hydroxyl groups excluding tert-OH is 3. The van der Waals surface area contributed by atoms with Crippen LogP contribution in [0.1, 0.15) is 71.1 Å². The third-order valence-corrected chi connectivity index (χ3v) is 5.81. The molecule has 0 saturated heterocycles. The van der Waals surface area contributed by atoms with Crippen LogP contribution < -0.4 is 0 Å². The zero-order valence-electron chi connectivity index (χ0n) is 15.2. The monoisotopic (exact) mass is 336 g/mol. The Bertz CT molecular complexity index is 415. The van der Waals surface area contributed by atoms with Crippen molar-refractivity contribution in [3.05, 3.63) is 23.8 Å². The molecule has 0 aliphatic heterocycles. The van der Waals surface area contributed by atoms with Gasteiger partial charge in [0.05, 0.1) is 12.2 Å². The normalized spacial score (nSPS) is 32.8. The minimum atomic E-state index is -0.363. The van der Waals surface area contributed by atoms with Crippen molar-refractivity contribution >= 4 is 0 Å². The van der Waals surface area contributed by atoms with Gasteiger partial charge in [-0.15, -0.1) is 0 Å². The summed E-state index contributed by atoms with van der Waals surface area (Å²) >= 11 is 0. The molecule has 0 unspecified atom stereocenters. The smallest absolute Gasteiger partial charge is 0.0721 e. The van der Waals surface area contributed by atoms with Crippen LogP contribution in [0, 0.1) is 17.8 Å². The maximum atomic E-state index is 10.4. The van der Waals surface area contributed by atoms with Crippen molar-refractivity contribution in [2.45, 2.75) is 83.3 Å². The van der Waals surface area contributed by atoms with Gasteiger partial charge in [0.1, 0.15) is 0 Å². The van der Waals surface area contributed by atoms with Crippen molar-refractivity contribution in [3.63, 3.8) is 0 Å². The molecule has 0 bridgehead atoms. The largest absolute Gasteiger partial charge is 0.396 e. The summed E-state index contributed by atoms with van der Waals surface area (Å²) < 4.78 is 0. The fourth-order valence-electron chi connectivity index (χ4n) is 4.46. The van der Waals surface area contributed by atoms with E-state index in [1.54, 1.807) is 0 Å². The van der Waals surface area contributed by atoms with Crippen molar-refractivity contribution in [1.82, 2.24) is 0 Å². The lowest BCUT2D eigenvalue weighted by Gasteiger charge is -2.17. The Hall–Kier alpha value is -0.640. The van der Waals surface area contributed by atoms with Crippen LogP contribution in [0.5, 0.6) is 0 Å². The molecule has 0 radical (unpaired) electrons. The number of fused-ring (bicyclic) bond motifs is 1. The Morgan fingerprint density at radius 1 is 1.17 bits per heavy atom. The van der Waals surface area contributed by atoms with Gasteiger partial charge < -0.3 is 15.3 Å². The Balaban J connectivity index is 1.83. The summed E-state index contributed by atoms with van der Waals surface area (Å²) in [7, 11) is 0. The third-order valence-electron chi connectivity index (χ3n) is 5.81. The van der Waals surface area contributed by atoms with Crippen LogP contribution in [0.2, 0.25) is 0 Å². The highest BCUT2D eigenvalue weighted by atomic mass is 16.3. The summed E-state index contributed by atoms with van der Waals surface area (Å²) in [5.41, 5.74) is 1.54. The zero-order valence-corrected chi connectivity index (χ0v) is 15.2. The van der Waals surface area contributed by atoms with Gasteiger partial charge in [0.25, 0.3) is 0 Å². The van der Waals surface area contributed by atoms with Gasteiger partial charge in [0.2, 0.25) is 0 Å². The second-order valence-corrected chi connectivity index (χ2v) is 7.74. The fourth-order valence-corrected chi connectivity index (χ4v) is 4.46. The number of aliphatic hydroxyl groups is 3. The Labute approximate surface area is 147 Å². The molecular formula is C21H36O3. The minimum absolute atomic E-state index is 0.208. The van der Waals surface area contributed by atoms with E-state index in [-0.39, 0.29) is 24.7 Å². The summed E-state index contributed by atoms with van der Waals surface area (Å²) in [6.07, 6.45) is 16.2. The van der Waals surface area contributed by atoms with Crippen LogP contribution in [-0.2, 0) is 0 Å². The summed E-state index contributed by atoms with van der Waals surface area (Å²) in [6.45, 7) is 2.46. The van der Waals surface area contributed by atoms with Crippen LogP contribution in [0.4, 0.5) is 0 Å². The first-order valence-corrected chi connectivity index (χ1v) is 9.99. The first-order valence-electron chi connectivity index (χ1n) is 9.99. The third kappa shape index (κ3) is 5.72. The van der Waals surface area contributed by atoms with E-state index < -0.39 is 0 Å². The van der Waals surface area contributed by atoms with Gasteiger partial charge in [-0.2, -0.15) is 0 Å². The van der Waals surface area contributed by atoms with E-state index in [2.05, 4.69) is 19.1 Å². The van der Waals surface area contributed by atoms with Gasteiger partial charge in [-0.25, -0.2) is 0 Å². The molecular weight excluding hydrogens is 300 g/mol. The van der Waals surface area contributed by atoms with Crippen molar-refractivity contribution in [2.24, 2.45) is 17.8 Å². The van der Waals surface area contributed by atoms with E-state index >= 15 is 0 Å². The lowest BCUT2D eigenvalue weighted by Crippen LogP contribution is -2.17. The van der Waals surface area contributed by atoms with Gasteiger partial charge in [-0.3, -0.25) is 0 Å². The van der Waals surface area contributed by atoms with Crippen LogP contribution in [0.25, 0.3) is 0 Å². The molecule has 138 valence electrons. The van der Waals surface area contributed by atoms with Crippen LogP contribution in [0.3, 0.4) is 0 Å². The van der Waals surface area contributed by atoms with E-state index in [1.165, 1.54) is 18.4 Å². The molecule has 24 heavy (non-hydrogen) atoms. The lowest BCUT2D eigenvalue weighted by molar-refractivity contribution is 0.139. The van der Waals surface area contributed by atoms with Crippen molar-refractivity contribution in [1.29, 1.82) is 0 Å². The van der Waals surface area contributed by atoms with Crippen LogP contribution in [0.15, 0.2) is 23.8 Å². The average Bonchev–Trinajstić information content (AvgIpc) is 3.06. The number of rotatable bonds is 10. The van der Waals surface area contributed by atoms with Gasteiger partial charge >= 0.3 is 0 Å². The molecule has 0 amide bonds. The number of hydrogen-bond acceptors (Lipinski definition) is 3. The highest BCUT2D eigenvalue weighted by Gasteiger charge is 2.44. The molecule has 3 N–H and O–H groups in total. The Morgan fingerprint density at radius 3 is 2.75 bits per heavy atom. The first-order chi connectivity index (χ1) is 11.7. The van der Waals surface area contributed by atoms with Crippen molar-refractivity contribution in [2.75, 3.05) is 6.61 Å². The van der Waals surface area contributed by atoms with E-state index in [0.29, 0.717) is 11.8 Å². The average molecular weight is 337 g/mol. The molecule has 3 nitrogen and oxygen atoms in total. The Kier molecular flexibility index (Phi) is 8.51. The molecule has 0 spiro atoms. The molecule has 2 rings (SSSR count). The predicted octanol–water partition coefficient (Wildman–Crippen LogP) is 3.98. The van der Waals surface area contributed by atoms with Gasteiger partial charge in [-0.05, 0) is 56.8 Å². The fraction of sp³-hybridized carbons (Fsp3) is 0.810. The topological polar surface area (TPSA) is 60.7 Å². The molecule has 5 atom stereocenters. The molecule has 0 aromatic rings. The molecule has 2 aliphatic rings. The highest BCUT2D eigenvalue weighted by Crippen LogP contribution is 2.50. The maximum Gasteiger partial charge on any atom is 0.0721 e. The van der Waals surface area contributed by atoms with Crippen molar-refractivity contribution < 1.29 is 15.3 Å².